The Bertz CT molecular complexity index is 408. The lowest BCUT2D eigenvalue weighted by Crippen LogP contribution is -2.44. The number of ether oxygens (including phenoxy) is 1. The van der Waals surface area contributed by atoms with Gasteiger partial charge in [0.05, 0.1) is 11.9 Å². The number of carbonyl (C=O) groups excluding carboxylic acids is 1. The molecule has 0 aliphatic heterocycles. The van der Waals surface area contributed by atoms with Crippen LogP contribution in [0.15, 0.2) is 18.6 Å². The number of aromatic nitrogens is 2. The van der Waals surface area contributed by atoms with Crippen molar-refractivity contribution in [2.75, 3.05) is 0 Å². The molecule has 0 saturated carbocycles. The van der Waals surface area contributed by atoms with Crippen LogP contribution in [0.25, 0.3) is 0 Å². The molecule has 0 aromatic carbocycles. The second-order valence-corrected chi connectivity index (χ2v) is 3.98. The highest BCUT2D eigenvalue weighted by atomic mass is 16.5. The fraction of sp³-hybridized carbons (Fsp3) is 0.455. The number of alkyl carbamates (subject to hydrolysis) is 1. The summed E-state index contributed by atoms with van der Waals surface area (Å²) in [7, 11) is 0. The number of carbonyl (C=O) groups is 2. The highest BCUT2D eigenvalue weighted by Crippen LogP contribution is 2.02. The van der Waals surface area contributed by atoms with E-state index in [9.17, 15) is 9.59 Å². The second kappa shape index (κ2) is 6.53. The highest BCUT2D eigenvalue weighted by Gasteiger charge is 2.23. The number of carboxylic acid groups (broad SMARTS) is 1. The molecule has 0 radical (unpaired) electrons. The summed E-state index contributed by atoms with van der Waals surface area (Å²) in [4.78, 5) is 30.0. The van der Waals surface area contributed by atoms with Crippen molar-refractivity contribution in [1.82, 2.24) is 15.3 Å². The van der Waals surface area contributed by atoms with Gasteiger partial charge in [-0.25, -0.2) is 9.59 Å². The van der Waals surface area contributed by atoms with E-state index >= 15 is 0 Å². The molecule has 0 fully saturated rings. The van der Waals surface area contributed by atoms with E-state index in [1.54, 1.807) is 13.8 Å². The molecule has 1 atom stereocenters. The lowest BCUT2D eigenvalue weighted by Gasteiger charge is -2.17. The number of nitrogens with one attached hydrogen (secondary N) is 1. The van der Waals surface area contributed by atoms with Crippen LogP contribution in [0.4, 0.5) is 4.79 Å². The van der Waals surface area contributed by atoms with Gasteiger partial charge in [-0.3, -0.25) is 9.97 Å². The van der Waals surface area contributed by atoms with E-state index in [4.69, 9.17) is 9.84 Å². The van der Waals surface area contributed by atoms with Crippen molar-refractivity contribution in [2.45, 2.75) is 26.5 Å². The summed E-state index contributed by atoms with van der Waals surface area (Å²) >= 11 is 0. The minimum absolute atomic E-state index is 0.0515. The number of aliphatic carboxylic acids is 1. The van der Waals surface area contributed by atoms with Crippen LogP contribution in [-0.2, 0) is 16.1 Å². The van der Waals surface area contributed by atoms with Gasteiger partial charge in [0.25, 0.3) is 0 Å². The summed E-state index contributed by atoms with van der Waals surface area (Å²) in [6.07, 6.45) is 3.65. The number of nitrogens with zero attached hydrogens (tertiary/aromatic N) is 2. The highest BCUT2D eigenvalue weighted by molar-refractivity contribution is 5.80. The van der Waals surface area contributed by atoms with Crippen molar-refractivity contribution in [3.8, 4) is 0 Å². The molecule has 2 N–H and O–H groups in total. The summed E-state index contributed by atoms with van der Waals surface area (Å²) in [5, 5.41) is 11.2. The van der Waals surface area contributed by atoms with Gasteiger partial charge in [-0.05, 0) is 5.92 Å². The van der Waals surface area contributed by atoms with E-state index < -0.39 is 18.1 Å². The Morgan fingerprint density at radius 1 is 1.44 bits per heavy atom. The van der Waals surface area contributed by atoms with Gasteiger partial charge >= 0.3 is 12.1 Å². The largest absolute Gasteiger partial charge is 0.480 e. The van der Waals surface area contributed by atoms with Gasteiger partial charge in [0.1, 0.15) is 12.6 Å². The standard InChI is InChI=1S/C11H15N3O4/c1-7(2)9(10(15)16)14-11(17)18-6-8-5-12-3-4-13-8/h3-5,7,9H,6H2,1-2H3,(H,14,17)(H,15,16)/t9-/m0/s1. The normalized spacial score (nSPS) is 11.9. The smallest absolute Gasteiger partial charge is 0.408 e. The molecule has 0 spiro atoms. The van der Waals surface area contributed by atoms with E-state index in [-0.39, 0.29) is 12.5 Å². The Labute approximate surface area is 104 Å². The molecule has 0 aliphatic rings. The van der Waals surface area contributed by atoms with Crippen LogP contribution in [0.5, 0.6) is 0 Å². The lowest BCUT2D eigenvalue weighted by atomic mass is 10.1. The topological polar surface area (TPSA) is 101 Å². The fourth-order valence-corrected chi connectivity index (χ4v) is 1.23. The molecule has 0 saturated heterocycles. The molecular weight excluding hydrogens is 238 g/mol. The van der Waals surface area contributed by atoms with Crippen LogP contribution >= 0.6 is 0 Å². The minimum Gasteiger partial charge on any atom is -0.480 e. The molecule has 1 aromatic rings. The Morgan fingerprint density at radius 3 is 2.67 bits per heavy atom. The molecule has 1 rings (SSSR count). The zero-order chi connectivity index (χ0) is 13.5. The second-order valence-electron chi connectivity index (χ2n) is 3.98. The fourth-order valence-electron chi connectivity index (χ4n) is 1.23. The average molecular weight is 253 g/mol. The first-order chi connectivity index (χ1) is 8.50. The number of rotatable bonds is 5. The third kappa shape index (κ3) is 4.36. The summed E-state index contributed by atoms with van der Waals surface area (Å²) < 4.78 is 4.84. The molecule has 0 bridgehead atoms. The molecule has 7 nitrogen and oxygen atoms in total. The summed E-state index contributed by atoms with van der Waals surface area (Å²) in [6.45, 7) is 3.34. The minimum atomic E-state index is -1.10. The predicted molar refractivity (Wildman–Crippen MR) is 61.6 cm³/mol. The van der Waals surface area contributed by atoms with Crippen molar-refractivity contribution in [1.29, 1.82) is 0 Å². The number of amides is 1. The molecule has 0 unspecified atom stereocenters. The number of carboxylic acids is 1. The van der Waals surface area contributed by atoms with E-state index in [0.717, 1.165) is 0 Å². The van der Waals surface area contributed by atoms with Crippen molar-refractivity contribution >= 4 is 12.1 Å². The van der Waals surface area contributed by atoms with Gasteiger partial charge in [0.2, 0.25) is 0 Å². The summed E-state index contributed by atoms with van der Waals surface area (Å²) in [5.41, 5.74) is 0.490. The zero-order valence-corrected chi connectivity index (χ0v) is 10.2. The van der Waals surface area contributed by atoms with Crippen LogP contribution in [0, 0.1) is 5.92 Å². The lowest BCUT2D eigenvalue weighted by molar-refractivity contribution is -0.140. The van der Waals surface area contributed by atoms with Gasteiger partial charge in [-0.1, -0.05) is 13.8 Å². The third-order valence-corrected chi connectivity index (χ3v) is 2.17. The van der Waals surface area contributed by atoms with Crippen molar-refractivity contribution in [2.24, 2.45) is 5.92 Å². The maximum absolute atomic E-state index is 11.4. The number of hydrogen-bond donors (Lipinski definition) is 2. The van der Waals surface area contributed by atoms with Gasteiger partial charge in [0, 0.05) is 12.4 Å². The van der Waals surface area contributed by atoms with Crippen LogP contribution in [0.3, 0.4) is 0 Å². The monoisotopic (exact) mass is 253 g/mol. The molecular formula is C11H15N3O4. The van der Waals surface area contributed by atoms with E-state index in [2.05, 4.69) is 15.3 Å². The molecule has 98 valence electrons. The molecule has 1 heterocycles. The Balaban J connectivity index is 2.44. The zero-order valence-electron chi connectivity index (χ0n) is 10.2. The van der Waals surface area contributed by atoms with E-state index in [1.165, 1.54) is 18.6 Å². The van der Waals surface area contributed by atoms with E-state index in [0.29, 0.717) is 5.69 Å². The Morgan fingerprint density at radius 2 is 2.17 bits per heavy atom. The van der Waals surface area contributed by atoms with Gasteiger partial charge in [0.15, 0.2) is 0 Å². The van der Waals surface area contributed by atoms with Crippen LogP contribution < -0.4 is 5.32 Å². The average Bonchev–Trinajstić information content (AvgIpc) is 2.34. The van der Waals surface area contributed by atoms with Crippen molar-refractivity contribution < 1.29 is 19.4 Å². The molecule has 7 heteroatoms. The maximum atomic E-state index is 11.4. The molecule has 0 aliphatic carbocycles. The molecule has 1 amide bonds. The quantitative estimate of drug-likeness (QED) is 0.805. The summed E-state index contributed by atoms with van der Waals surface area (Å²) in [5.74, 6) is -1.33. The molecule has 18 heavy (non-hydrogen) atoms. The first kappa shape index (κ1) is 13.9. The number of hydrogen-bond acceptors (Lipinski definition) is 5. The van der Waals surface area contributed by atoms with Crippen molar-refractivity contribution in [3.05, 3.63) is 24.3 Å². The molecule has 1 aromatic heterocycles. The third-order valence-electron chi connectivity index (χ3n) is 2.17. The first-order valence-electron chi connectivity index (χ1n) is 5.41. The van der Waals surface area contributed by atoms with Crippen molar-refractivity contribution in [3.63, 3.8) is 0 Å². The van der Waals surface area contributed by atoms with Crippen LogP contribution in [-0.4, -0.2) is 33.2 Å². The van der Waals surface area contributed by atoms with Gasteiger partial charge in [-0.2, -0.15) is 0 Å². The SMILES string of the molecule is CC(C)[C@H](NC(=O)OCc1cnccn1)C(=O)O. The predicted octanol–water partition coefficient (Wildman–Crippen LogP) is 0.812. The maximum Gasteiger partial charge on any atom is 0.408 e. The summed E-state index contributed by atoms with van der Waals surface area (Å²) in [6, 6.07) is -0.973. The van der Waals surface area contributed by atoms with Crippen LogP contribution in [0.1, 0.15) is 19.5 Å². The van der Waals surface area contributed by atoms with Crippen LogP contribution in [0.2, 0.25) is 0 Å². The van der Waals surface area contributed by atoms with E-state index in [1.807, 2.05) is 0 Å². The Hall–Kier alpha value is -2.18. The first-order valence-corrected chi connectivity index (χ1v) is 5.41. The Kier molecular flexibility index (Phi) is 5.04. The van der Waals surface area contributed by atoms with Gasteiger partial charge in [-0.15, -0.1) is 0 Å². The van der Waals surface area contributed by atoms with Gasteiger partial charge < -0.3 is 15.2 Å².